The van der Waals surface area contributed by atoms with Gasteiger partial charge in [0.1, 0.15) is 17.1 Å². The lowest BCUT2D eigenvalue weighted by atomic mass is 10.1. The Morgan fingerprint density at radius 3 is 2.68 bits per heavy atom. The molecule has 0 saturated carbocycles. The molecule has 2 aromatic rings. The van der Waals surface area contributed by atoms with E-state index in [2.05, 4.69) is 22.3 Å². The first kappa shape index (κ1) is 17.5. The van der Waals surface area contributed by atoms with E-state index < -0.39 is 10.9 Å². The van der Waals surface area contributed by atoms with Crippen LogP contribution in [0.4, 0.5) is 11.4 Å². The molecular formula is C19H25N3O3. The molecule has 6 nitrogen and oxygen atoms in total. The fraction of sp³-hybridized carbons (Fsp3) is 0.474. The van der Waals surface area contributed by atoms with Gasteiger partial charge in [-0.1, -0.05) is 18.6 Å². The monoisotopic (exact) mass is 343 g/mol. The van der Waals surface area contributed by atoms with Crippen molar-refractivity contribution in [3.63, 3.8) is 0 Å². The molecule has 3 rings (SSSR count). The highest BCUT2D eigenvalue weighted by Crippen LogP contribution is 2.18. The SMILES string of the molecule is Nc1c(NCCCOc2cccc(CN3CCCCC3)c2)c(=O)c1=O. The summed E-state index contributed by atoms with van der Waals surface area (Å²) < 4.78 is 5.79. The van der Waals surface area contributed by atoms with Crippen molar-refractivity contribution < 1.29 is 4.74 Å². The van der Waals surface area contributed by atoms with Crippen LogP contribution in [0.15, 0.2) is 33.9 Å². The van der Waals surface area contributed by atoms with E-state index in [0.717, 1.165) is 12.3 Å². The summed E-state index contributed by atoms with van der Waals surface area (Å²) in [7, 11) is 0. The zero-order valence-electron chi connectivity index (χ0n) is 14.4. The summed E-state index contributed by atoms with van der Waals surface area (Å²) in [6, 6.07) is 8.22. The van der Waals surface area contributed by atoms with Crippen molar-refractivity contribution >= 4 is 11.4 Å². The number of nitrogens with one attached hydrogen (secondary N) is 1. The second-order valence-electron chi connectivity index (χ2n) is 6.56. The molecule has 0 aliphatic carbocycles. The Balaban J connectivity index is 1.40. The number of ether oxygens (including phenoxy) is 1. The third-order valence-electron chi connectivity index (χ3n) is 4.59. The van der Waals surface area contributed by atoms with Gasteiger partial charge in [0.25, 0.3) is 10.9 Å². The van der Waals surface area contributed by atoms with Gasteiger partial charge >= 0.3 is 0 Å². The van der Waals surface area contributed by atoms with Gasteiger partial charge in [-0.15, -0.1) is 0 Å². The number of hydrogen-bond acceptors (Lipinski definition) is 6. The Hall–Kier alpha value is -2.34. The molecule has 0 atom stereocenters. The Morgan fingerprint density at radius 1 is 1.12 bits per heavy atom. The molecule has 1 aliphatic rings. The molecule has 0 unspecified atom stereocenters. The predicted molar refractivity (Wildman–Crippen MR) is 99.9 cm³/mol. The van der Waals surface area contributed by atoms with E-state index in [0.29, 0.717) is 19.6 Å². The summed E-state index contributed by atoms with van der Waals surface area (Å²) in [5, 5.41) is 2.90. The van der Waals surface area contributed by atoms with E-state index >= 15 is 0 Å². The van der Waals surface area contributed by atoms with E-state index in [9.17, 15) is 9.59 Å². The first-order valence-electron chi connectivity index (χ1n) is 8.92. The van der Waals surface area contributed by atoms with Crippen molar-refractivity contribution in [2.45, 2.75) is 32.2 Å². The third kappa shape index (κ3) is 4.39. The minimum absolute atomic E-state index is 0.0383. The number of benzene rings is 1. The highest BCUT2D eigenvalue weighted by Gasteiger charge is 2.16. The van der Waals surface area contributed by atoms with Crippen LogP contribution in [-0.4, -0.2) is 31.1 Å². The lowest BCUT2D eigenvalue weighted by Crippen LogP contribution is -2.37. The van der Waals surface area contributed by atoms with Crippen LogP contribution < -0.4 is 26.6 Å². The van der Waals surface area contributed by atoms with Gasteiger partial charge < -0.3 is 15.8 Å². The molecule has 0 spiro atoms. The number of nitrogen functional groups attached to an aromatic ring is 1. The van der Waals surface area contributed by atoms with Crippen LogP contribution in [0.1, 0.15) is 31.2 Å². The summed E-state index contributed by atoms with van der Waals surface area (Å²) >= 11 is 0. The van der Waals surface area contributed by atoms with Crippen LogP contribution in [0.5, 0.6) is 5.75 Å². The molecule has 0 radical (unpaired) electrons. The van der Waals surface area contributed by atoms with E-state index in [4.69, 9.17) is 10.5 Å². The summed E-state index contributed by atoms with van der Waals surface area (Å²) in [5.41, 5.74) is 5.90. The molecule has 134 valence electrons. The summed E-state index contributed by atoms with van der Waals surface area (Å²) in [6.07, 6.45) is 4.64. The largest absolute Gasteiger partial charge is 0.494 e. The normalized spacial score (nSPS) is 15.4. The van der Waals surface area contributed by atoms with E-state index in [1.54, 1.807) is 0 Å². The first-order valence-corrected chi connectivity index (χ1v) is 8.92. The molecule has 25 heavy (non-hydrogen) atoms. The zero-order chi connectivity index (χ0) is 17.6. The Morgan fingerprint density at radius 2 is 1.92 bits per heavy atom. The van der Waals surface area contributed by atoms with Gasteiger partial charge in [0.2, 0.25) is 0 Å². The summed E-state index contributed by atoms with van der Waals surface area (Å²) in [6.45, 7) is 4.41. The summed E-state index contributed by atoms with van der Waals surface area (Å²) in [5.74, 6) is 0.864. The van der Waals surface area contributed by atoms with Gasteiger partial charge in [-0.05, 0) is 50.0 Å². The minimum Gasteiger partial charge on any atom is -0.494 e. The topological polar surface area (TPSA) is 84.7 Å². The number of nitrogens with zero attached hydrogens (tertiary/aromatic N) is 1. The standard InChI is InChI=1S/C19H25N3O3/c20-16-17(19(24)18(16)23)21-8-5-11-25-15-7-4-6-14(12-15)13-22-9-2-1-3-10-22/h4,6-7,12,21H,1-3,5,8-11,13,20H2. The lowest BCUT2D eigenvalue weighted by molar-refractivity contribution is 0.220. The Bertz CT molecular complexity index is 774. The van der Waals surface area contributed by atoms with Gasteiger partial charge in [0, 0.05) is 13.1 Å². The molecule has 1 heterocycles. The second kappa shape index (κ2) is 8.16. The van der Waals surface area contributed by atoms with Gasteiger partial charge in [-0.3, -0.25) is 14.5 Å². The third-order valence-corrected chi connectivity index (χ3v) is 4.59. The second-order valence-corrected chi connectivity index (χ2v) is 6.56. The van der Waals surface area contributed by atoms with Crippen LogP contribution in [0.25, 0.3) is 0 Å². The molecular weight excluding hydrogens is 318 g/mol. The fourth-order valence-corrected chi connectivity index (χ4v) is 3.17. The highest BCUT2D eigenvalue weighted by atomic mass is 16.5. The lowest BCUT2D eigenvalue weighted by Gasteiger charge is -2.26. The maximum absolute atomic E-state index is 11.3. The smallest absolute Gasteiger partial charge is 0.253 e. The van der Waals surface area contributed by atoms with Crippen LogP contribution in [0.3, 0.4) is 0 Å². The van der Waals surface area contributed by atoms with Crippen LogP contribution in [-0.2, 0) is 6.54 Å². The van der Waals surface area contributed by atoms with Gasteiger partial charge in [0.15, 0.2) is 0 Å². The fourth-order valence-electron chi connectivity index (χ4n) is 3.17. The number of nitrogens with two attached hydrogens (primary N) is 1. The average molecular weight is 343 g/mol. The maximum atomic E-state index is 11.3. The highest BCUT2D eigenvalue weighted by molar-refractivity contribution is 5.71. The maximum Gasteiger partial charge on any atom is 0.253 e. The quantitative estimate of drug-likeness (QED) is 0.561. The first-order chi connectivity index (χ1) is 12.1. The number of rotatable bonds is 8. The van der Waals surface area contributed by atoms with Crippen LogP contribution >= 0.6 is 0 Å². The molecule has 6 heteroatoms. The predicted octanol–water partition coefficient (Wildman–Crippen LogP) is 1.73. The van der Waals surface area contributed by atoms with E-state index in [1.165, 1.54) is 37.9 Å². The Labute approximate surface area is 147 Å². The van der Waals surface area contributed by atoms with Gasteiger partial charge in [0.05, 0.1) is 6.61 Å². The van der Waals surface area contributed by atoms with Crippen molar-refractivity contribution in [2.24, 2.45) is 0 Å². The summed E-state index contributed by atoms with van der Waals surface area (Å²) in [4.78, 5) is 24.8. The molecule has 1 saturated heterocycles. The number of likely N-dealkylation sites (tertiary alicyclic amines) is 1. The number of piperidine rings is 1. The molecule has 1 fully saturated rings. The molecule has 0 bridgehead atoms. The Kier molecular flexibility index (Phi) is 5.71. The molecule has 0 amide bonds. The average Bonchev–Trinajstić information content (AvgIpc) is 2.65. The molecule has 2 aromatic carbocycles. The molecule has 0 aromatic heterocycles. The van der Waals surface area contributed by atoms with E-state index in [1.807, 2.05) is 12.1 Å². The van der Waals surface area contributed by atoms with Crippen molar-refractivity contribution in [2.75, 3.05) is 37.3 Å². The molecule has 1 aliphatic heterocycles. The van der Waals surface area contributed by atoms with E-state index in [-0.39, 0.29) is 11.4 Å². The number of anilines is 2. The van der Waals surface area contributed by atoms with Crippen molar-refractivity contribution in [3.05, 3.63) is 50.3 Å². The molecule has 3 N–H and O–H groups in total. The van der Waals surface area contributed by atoms with Crippen molar-refractivity contribution in [1.29, 1.82) is 0 Å². The van der Waals surface area contributed by atoms with Gasteiger partial charge in [-0.2, -0.15) is 0 Å². The van der Waals surface area contributed by atoms with Crippen molar-refractivity contribution in [1.82, 2.24) is 4.90 Å². The van der Waals surface area contributed by atoms with Crippen molar-refractivity contribution in [3.8, 4) is 5.75 Å². The number of hydrogen-bond donors (Lipinski definition) is 2. The zero-order valence-corrected chi connectivity index (χ0v) is 14.4. The minimum atomic E-state index is -0.593. The van der Waals surface area contributed by atoms with Crippen LogP contribution in [0, 0.1) is 0 Å². The van der Waals surface area contributed by atoms with Crippen LogP contribution in [0.2, 0.25) is 0 Å². The van der Waals surface area contributed by atoms with Gasteiger partial charge in [-0.25, -0.2) is 0 Å².